The van der Waals surface area contributed by atoms with Gasteiger partial charge in [-0.1, -0.05) is 33.6 Å². The molecular weight excluding hydrogens is 225 g/mol. The third-order valence-electron chi connectivity index (χ3n) is 1.45. The van der Waals surface area contributed by atoms with E-state index in [-0.39, 0.29) is 6.04 Å². The summed E-state index contributed by atoms with van der Waals surface area (Å²) in [5, 5.41) is 0.717. The van der Waals surface area contributed by atoms with Gasteiger partial charge in [0.05, 0.1) is 0 Å². The van der Waals surface area contributed by atoms with Crippen molar-refractivity contribution in [3.05, 3.63) is 33.3 Å². The molecule has 0 bridgehead atoms. The monoisotopic (exact) mass is 233 g/mol. The highest BCUT2D eigenvalue weighted by Crippen LogP contribution is 2.24. The van der Waals surface area contributed by atoms with Crippen molar-refractivity contribution in [3.63, 3.8) is 0 Å². The molecular formula is C8H9BrClN. The van der Waals surface area contributed by atoms with Crippen molar-refractivity contribution in [2.45, 2.75) is 13.0 Å². The highest BCUT2D eigenvalue weighted by atomic mass is 79.9. The molecule has 0 unspecified atom stereocenters. The Morgan fingerprint density at radius 3 is 2.64 bits per heavy atom. The highest BCUT2D eigenvalue weighted by Gasteiger charge is 2.04. The van der Waals surface area contributed by atoms with E-state index in [1.807, 2.05) is 25.1 Å². The Bertz CT molecular complexity index is 260. The summed E-state index contributed by atoms with van der Waals surface area (Å²) < 4.78 is 0.979. The zero-order valence-corrected chi connectivity index (χ0v) is 8.48. The van der Waals surface area contributed by atoms with Gasteiger partial charge in [-0.2, -0.15) is 0 Å². The molecule has 0 saturated carbocycles. The van der Waals surface area contributed by atoms with Gasteiger partial charge in [0.1, 0.15) is 0 Å². The van der Waals surface area contributed by atoms with E-state index in [1.54, 1.807) is 0 Å². The lowest BCUT2D eigenvalue weighted by atomic mass is 10.1. The van der Waals surface area contributed by atoms with Crippen molar-refractivity contribution < 1.29 is 0 Å². The Hall–Kier alpha value is -0.0500. The molecule has 0 aliphatic carbocycles. The first-order valence-electron chi connectivity index (χ1n) is 3.32. The fourth-order valence-corrected chi connectivity index (χ4v) is 1.72. The van der Waals surface area contributed by atoms with Gasteiger partial charge in [-0.15, -0.1) is 0 Å². The summed E-state index contributed by atoms with van der Waals surface area (Å²) in [6, 6.07) is 5.71. The van der Waals surface area contributed by atoms with Crippen LogP contribution in [0.4, 0.5) is 0 Å². The van der Waals surface area contributed by atoms with Crippen LogP contribution >= 0.6 is 27.5 Å². The predicted octanol–water partition coefficient (Wildman–Crippen LogP) is 3.12. The fourth-order valence-electron chi connectivity index (χ4n) is 0.871. The molecule has 1 nitrogen and oxygen atoms in total. The summed E-state index contributed by atoms with van der Waals surface area (Å²) in [5.74, 6) is 0. The number of rotatable bonds is 1. The minimum Gasteiger partial charge on any atom is -0.324 e. The maximum atomic E-state index is 5.91. The van der Waals surface area contributed by atoms with Gasteiger partial charge < -0.3 is 5.73 Å². The average molecular weight is 235 g/mol. The Balaban J connectivity index is 3.09. The number of benzene rings is 1. The molecule has 0 aliphatic rings. The number of nitrogens with two attached hydrogens (primary N) is 1. The van der Waals surface area contributed by atoms with Gasteiger partial charge >= 0.3 is 0 Å². The number of hydrogen-bond donors (Lipinski definition) is 1. The topological polar surface area (TPSA) is 26.0 Å². The predicted molar refractivity (Wildman–Crippen MR) is 51.8 cm³/mol. The summed E-state index contributed by atoms with van der Waals surface area (Å²) >= 11 is 9.23. The van der Waals surface area contributed by atoms with Crippen LogP contribution in [-0.2, 0) is 0 Å². The summed E-state index contributed by atoms with van der Waals surface area (Å²) in [7, 11) is 0. The first-order valence-corrected chi connectivity index (χ1v) is 4.49. The zero-order chi connectivity index (χ0) is 8.43. The SMILES string of the molecule is C[C@@H](N)c1ccc(Br)cc1Cl. The fraction of sp³-hybridized carbons (Fsp3) is 0.250. The molecule has 1 atom stereocenters. The van der Waals surface area contributed by atoms with Crippen molar-refractivity contribution in [3.8, 4) is 0 Å². The van der Waals surface area contributed by atoms with Gasteiger partial charge in [-0.05, 0) is 24.6 Å². The van der Waals surface area contributed by atoms with Crippen molar-refractivity contribution >= 4 is 27.5 Å². The van der Waals surface area contributed by atoms with Crippen LogP contribution in [0.2, 0.25) is 5.02 Å². The van der Waals surface area contributed by atoms with Crippen LogP contribution in [0.25, 0.3) is 0 Å². The molecule has 1 aromatic rings. The Kier molecular flexibility index (Phi) is 2.93. The molecule has 1 aromatic carbocycles. The lowest BCUT2D eigenvalue weighted by Gasteiger charge is -2.07. The molecule has 3 heteroatoms. The molecule has 0 aliphatic heterocycles. The van der Waals surface area contributed by atoms with E-state index in [0.717, 1.165) is 15.1 Å². The lowest BCUT2D eigenvalue weighted by molar-refractivity contribution is 0.818. The van der Waals surface area contributed by atoms with E-state index in [2.05, 4.69) is 15.9 Å². The molecule has 0 saturated heterocycles. The standard InChI is InChI=1S/C8H9BrClN/c1-5(11)7-3-2-6(9)4-8(7)10/h2-5H,11H2,1H3/t5-/m1/s1. The molecule has 0 aromatic heterocycles. The van der Waals surface area contributed by atoms with Gasteiger partial charge in [-0.25, -0.2) is 0 Å². The van der Waals surface area contributed by atoms with Crippen LogP contribution in [0.15, 0.2) is 22.7 Å². The molecule has 0 heterocycles. The normalized spacial score (nSPS) is 13.1. The number of hydrogen-bond acceptors (Lipinski definition) is 1. The second-order valence-electron chi connectivity index (χ2n) is 2.45. The van der Waals surface area contributed by atoms with E-state index >= 15 is 0 Å². The van der Waals surface area contributed by atoms with Crippen LogP contribution < -0.4 is 5.73 Å². The Morgan fingerprint density at radius 2 is 2.18 bits per heavy atom. The highest BCUT2D eigenvalue weighted by molar-refractivity contribution is 9.10. The van der Waals surface area contributed by atoms with Crippen LogP contribution in [0, 0.1) is 0 Å². The van der Waals surface area contributed by atoms with Gasteiger partial charge in [-0.3, -0.25) is 0 Å². The van der Waals surface area contributed by atoms with Crippen LogP contribution in [0.5, 0.6) is 0 Å². The third kappa shape index (κ3) is 2.19. The third-order valence-corrected chi connectivity index (χ3v) is 2.27. The van der Waals surface area contributed by atoms with Crippen molar-refractivity contribution in [2.24, 2.45) is 5.73 Å². The van der Waals surface area contributed by atoms with E-state index < -0.39 is 0 Å². The first-order chi connectivity index (χ1) is 5.11. The molecule has 1 rings (SSSR count). The van der Waals surface area contributed by atoms with E-state index in [0.29, 0.717) is 0 Å². The van der Waals surface area contributed by atoms with Crippen molar-refractivity contribution in [1.29, 1.82) is 0 Å². The summed E-state index contributed by atoms with van der Waals surface area (Å²) in [6.07, 6.45) is 0. The van der Waals surface area contributed by atoms with Crippen molar-refractivity contribution in [1.82, 2.24) is 0 Å². The smallest absolute Gasteiger partial charge is 0.0464 e. The van der Waals surface area contributed by atoms with E-state index in [1.165, 1.54) is 0 Å². The Morgan fingerprint density at radius 1 is 1.55 bits per heavy atom. The van der Waals surface area contributed by atoms with Crippen LogP contribution in [0.1, 0.15) is 18.5 Å². The lowest BCUT2D eigenvalue weighted by Crippen LogP contribution is -2.05. The van der Waals surface area contributed by atoms with Crippen LogP contribution in [-0.4, -0.2) is 0 Å². The average Bonchev–Trinajstić information content (AvgIpc) is 1.85. The molecule has 11 heavy (non-hydrogen) atoms. The van der Waals surface area contributed by atoms with Crippen molar-refractivity contribution in [2.75, 3.05) is 0 Å². The van der Waals surface area contributed by atoms with Gasteiger partial charge in [0.15, 0.2) is 0 Å². The first kappa shape index (κ1) is 9.04. The molecule has 0 radical (unpaired) electrons. The Labute approximate surface area is 79.7 Å². The summed E-state index contributed by atoms with van der Waals surface area (Å²) in [4.78, 5) is 0. The van der Waals surface area contributed by atoms with E-state index in [4.69, 9.17) is 17.3 Å². The molecule has 60 valence electrons. The zero-order valence-electron chi connectivity index (χ0n) is 6.14. The largest absolute Gasteiger partial charge is 0.324 e. The number of halogens is 2. The second kappa shape index (κ2) is 3.57. The molecule has 0 fully saturated rings. The molecule has 0 amide bonds. The quantitative estimate of drug-likeness (QED) is 0.794. The maximum Gasteiger partial charge on any atom is 0.0464 e. The second-order valence-corrected chi connectivity index (χ2v) is 3.78. The molecule has 2 N–H and O–H groups in total. The maximum absolute atomic E-state index is 5.91. The summed E-state index contributed by atoms with van der Waals surface area (Å²) in [6.45, 7) is 1.91. The minimum atomic E-state index is -0.00407. The molecule has 0 spiro atoms. The van der Waals surface area contributed by atoms with Crippen LogP contribution in [0.3, 0.4) is 0 Å². The van der Waals surface area contributed by atoms with Gasteiger partial charge in [0.25, 0.3) is 0 Å². The minimum absolute atomic E-state index is 0.00407. The van der Waals surface area contributed by atoms with Gasteiger partial charge in [0.2, 0.25) is 0 Å². The van der Waals surface area contributed by atoms with Gasteiger partial charge in [0, 0.05) is 15.5 Å². The summed E-state index contributed by atoms with van der Waals surface area (Å²) in [5.41, 5.74) is 6.65. The van der Waals surface area contributed by atoms with E-state index in [9.17, 15) is 0 Å².